The van der Waals surface area contributed by atoms with Crippen molar-refractivity contribution in [3.63, 3.8) is 0 Å². The van der Waals surface area contributed by atoms with Crippen LogP contribution >= 0.6 is 0 Å². The van der Waals surface area contributed by atoms with Gasteiger partial charge in [-0.3, -0.25) is 0 Å². The summed E-state index contributed by atoms with van der Waals surface area (Å²) in [5.74, 6) is 1.99. The van der Waals surface area contributed by atoms with E-state index in [1.807, 2.05) is 24.5 Å². The molecule has 0 radical (unpaired) electrons. The highest BCUT2D eigenvalue weighted by Gasteiger charge is 2.31. The third-order valence-electron chi connectivity index (χ3n) is 6.92. The molecule has 0 saturated carbocycles. The van der Waals surface area contributed by atoms with Gasteiger partial charge in [0.25, 0.3) is 0 Å². The fourth-order valence-electron chi connectivity index (χ4n) is 5.09. The Kier molecular flexibility index (Phi) is 5.68. The molecule has 0 aliphatic carbocycles. The number of piperidine rings is 1. The maximum Gasteiger partial charge on any atom is 0.225 e. The molecule has 5 rings (SSSR count). The number of benzene rings is 1. The van der Waals surface area contributed by atoms with Gasteiger partial charge in [0.1, 0.15) is 11.6 Å². The van der Waals surface area contributed by atoms with Crippen LogP contribution in [0.25, 0.3) is 11.8 Å². The average Bonchev–Trinajstić information content (AvgIpc) is 3.16. The first kappa shape index (κ1) is 21.3. The Hall–Kier alpha value is -3.52. The zero-order valence-corrected chi connectivity index (χ0v) is 18.9. The number of nitrogen functional groups attached to an aromatic ring is 1. The van der Waals surface area contributed by atoms with E-state index in [1.165, 1.54) is 5.56 Å². The number of nitrogens with two attached hydrogens (primary N) is 2. The number of fused-ring (bicyclic) bond motifs is 1. The van der Waals surface area contributed by atoms with Crippen LogP contribution in [0.1, 0.15) is 59.7 Å². The van der Waals surface area contributed by atoms with E-state index in [-0.39, 0.29) is 11.8 Å². The van der Waals surface area contributed by atoms with Crippen LogP contribution in [0.2, 0.25) is 0 Å². The van der Waals surface area contributed by atoms with Gasteiger partial charge in [0.15, 0.2) is 0 Å². The third-order valence-corrected chi connectivity index (χ3v) is 6.92. The Labute approximate surface area is 193 Å². The molecule has 33 heavy (non-hydrogen) atoms. The number of nitrogens with one attached hydrogen (secondary N) is 2. The van der Waals surface area contributed by atoms with Gasteiger partial charge >= 0.3 is 0 Å². The first-order chi connectivity index (χ1) is 16.0. The molecule has 1 unspecified atom stereocenters. The highest BCUT2D eigenvalue weighted by atomic mass is 16.3. The Bertz CT molecular complexity index is 1160. The SMILES string of the molecule is CC1c2c([nH]c(N)c2/C=C(\N)c2ccccc2O)CCN1c1ncc(C2CCNCC2)cn1. The second-order valence-electron chi connectivity index (χ2n) is 8.92. The molecule has 0 spiro atoms. The van der Waals surface area contributed by atoms with Crippen molar-refractivity contribution in [1.29, 1.82) is 0 Å². The van der Waals surface area contributed by atoms with Gasteiger partial charge in [-0.2, -0.15) is 0 Å². The Morgan fingerprint density at radius 3 is 2.64 bits per heavy atom. The number of H-pyrrole nitrogens is 1. The van der Waals surface area contributed by atoms with Crippen molar-refractivity contribution in [3.05, 3.63) is 64.6 Å². The molecule has 0 bridgehead atoms. The van der Waals surface area contributed by atoms with E-state index in [0.717, 1.165) is 61.7 Å². The lowest BCUT2D eigenvalue weighted by atomic mass is 9.92. The molecule has 0 amide bonds. The van der Waals surface area contributed by atoms with E-state index in [4.69, 9.17) is 21.4 Å². The summed E-state index contributed by atoms with van der Waals surface area (Å²) in [6.45, 7) is 5.04. The number of para-hydroxylation sites is 1. The van der Waals surface area contributed by atoms with Gasteiger partial charge in [-0.1, -0.05) is 12.1 Å². The van der Waals surface area contributed by atoms with Crippen LogP contribution in [-0.4, -0.2) is 39.7 Å². The lowest BCUT2D eigenvalue weighted by molar-refractivity contribution is 0.458. The molecule has 1 fully saturated rings. The van der Waals surface area contributed by atoms with Crippen molar-refractivity contribution < 1.29 is 5.11 Å². The molecule has 2 aliphatic rings. The summed E-state index contributed by atoms with van der Waals surface area (Å²) < 4.78 is 0. The van der Waals surface area contributed by atoms with E-state index in [9.17, 15) is 5.11 Å². The Morgan fingerprint density at radius 2 is 1.91 bits per heavy atom. The minimum atomic E-state index is 0.0236. The maximum atomic E-state index is 10.2. The smallest absolute Gasteiger partial charge is 0.225 e. The molecule has 1 atom stereocenters. The predicted molar refractivity (Wildman–Crippen MR) is 132 cm³/mol. The predicted octanol–water partition coefficient (Wildman–Crippen LogP) is 3.14. The van der Waals surface area contributed by atoms with Gasteiger partial charge in [-0.05, 0) is 62.5 Å². The number of aromatic nitrogens is 3. The van der Waals surface area contributed by atoms with Crippen molar-refractivity contribution in [2.45, 2.75) is 38.1 Å². The molecule has 8 heteroatoms. The quantitative estimate of drug-likeness (QED) is 0.417. The maximum absolute atomic E-state index is 10.2. The molecule has 7 N–H and O–H groups in total. The fraction of sp³-hybridized carbons (Fsp3) is 0.360. The molecular formula is C25H31N7O. The highest BCUT2D eigenvalue weighted by Crippen LogP contribution is 2.38. The number of hydrogen-bond donors (Lipinski definition) is 5. The van der Waals surface area contributed by atoms with Gasteiger partial charge in [0, 0.05) is 53.4 Å². The first-order valence-electron chi connectivity index (χ1n) is 11.6. The summed E-state index contributed by atoms with van der Waals surface area (Å²) in [5.41, 5.74) is 18.1. The zero-order chi connectivity index (χ0) is 22.9. The van der Waals surface area contributed by atoms with Gasteiger partial charge in [-0.25, -0.2) is 9.97 Å². The summed E-state index contributed by atoms with van der Waals surface area (Å²) >= 11 is 0. The van der Waals surface area contributed by atoms with E-state index in [2.05, 4.69) is 22.1 Å². The van der Waals surface area contributed by atoms with Crippen LogP contribution < -0.4 is 21.7 Å². The van der Waals surface area contributed by atoms with Crippen LogP contribution in [-0.2, 0) is 6.42 Å². The monoisotopic (exact) mass is 445 g/mol. The van der Waals surface area contributed by atoms with Crippen LogP contribution in [0.4, 0.5) is 11.8 Å². The summed E-state index contributed by atoms with van der Waals surface area (Å²) in [5, 5.41) is 13.6. The number of nitrogens with zero attached hydrogens (tertiary/aromatic N) is 3. The second kappa shape index (κ2) is 8.78. The van der Waals surface area contributed by atoms with E-state index in [1.54, 1.807) is 18.2 Å². The summed E-state index contributed by atoms with van der Waals surface area (Å²) in [7, 11) is 0. The number of aromatic hydroxyl groups is 1. The van der Waals surface area contributed by atoms with Gasteiger partial charge in [0.2, 0.25) is 5.95 Å². The molecule has 1 aromatic carbocycles. The number of rotatable bonds is 4. The second-order valence-corrected chi connectivity index (χ2v) is 8.92. The van der Waals surface area contributed by atoms with Crippen LogP contribution in [0.15, 0.2) is 36.7 Å². The minimum absolute atomic E-state index is 0.0236. The minimum Gasteiger partial charge on any atom is -0.507 e. The van der Waals surface area contributed by atoms with Crippen molar-refractivity contribution in [2.24, 2.45) is 5.73 Å². The van der Waals surface area contributed by atoms with E-state index in [0.29, 0.717) is 23.0 Å². The molecule has 1 saturated heterocycles. The first-order valence-corrected chi connectivity index (χ1v) is 11.6. The largest absolute Gasteiger partial charge is 0.507 e. The number of aromatic amines is 1. The van der Waals surface area contributed by atoms with Crippen LogP contribution in [0.5, 0.6) is 5.75 Å². The van der Waals surface area contributed by atoms with Gasteiger partial charge < -0.3 is 31.8 Å². The molecule has 4 heterocycles. The summed E-state index contributed by atoms with van der Waals surface area (Å²) in [6, 6.07) is 7.07. The average molecular weight is 446 g/mol. The molecule has 3 aromatic rings. The molecule has 2 aliphatic heterocycles. The molecule has 2 aromatic heterocycles. The fourth-order valence-corrected chi connectivity index (χ4v) is 5.09. The summed E-state index contributed by atoms with van der Waals surface area (Å²) in [4.78, 5) is 15.0. The molecule has 172 valence electrons. The number of anilines is 2. The van der Waals surface area contributed by atoms with Crippen LogP contribution in [0, 0.1) is 0 Å². The van der Waals surface area contributed by atoms with Gasteiger partial charge in [-0.15, -0.1) is 0 Å². The van der Waals surface area contributed by atoms with E-state index < -0.39 is 0 Å². The molecular weight excluding hydrogens is 414 g/mol. The Balaban J connectivity index is 1.44. The number of hydrogen-bond acceptors (Lipinski definition) is 7. The highest BCUT2D eigenvalue weighted by molar-refractivity contribution is 5.86. The van der Waals surface area contributed by atoms with Crippen molar-refractivity contribution in [3.8, 4) is 5.75 Å². The molecule has 8 nitrogen and oxygen atoms in total. The number of phenols is 1. The lowest BCUT2D eigenvalue weighted by Crippen LogP contribution is -2.35. The lowest BCUT2D eigenvalue weighted by Gasteiger charge is -2.34. The number of phenolic OH excluding ortho intramolecular Hbond substituents is 1. The van der Waals surface area contributed by atoms with Crippen molar-refractivity contribution >= 4 is 23.5 Å². The third kappa shape index (κ3) is 4.02. The van der Waals surface area contributed by atoms with Gasteiger partial charge in [0.05, 0.1) is 6.04 Å². The van der Waals surface area contributed by atoms with Crippen LogP contribution in [0.3, 0.4) is 0 Å². The van der Waals surface area contributed by atoms with Crippen molar-refractivity contribution in [2.75, 3.05) is 30.3 Å². The van der Waals surface area contributed by atoms with E-state index >= 15 is 0 Å². The normalized spacial score (nSPS) is 19.5. The Morgan fingerprint density at radius 1 is 1.18 bits per heavy atom. The van der Waals surface area contributed by atoms with Crippen molar-refractivity contribution in [1.82, 2.24) is 20.3 Å². The topological polar surface area (TPSA) is 129 Å². The zero-order valence-electron chi connectivity index (χ0n) is 18.9. The summed E-state index contributed by atoms with van der Waals surface area (Å²) in [6.07, 6.45) is 8.90. The standard InChI is InChI=1S/C25H31N7O/c1-15-23-19(12-20(26)18-4-2-3-5-22(18)33)24(27)31-21(23)8-11-32(15)25-29-13-17(14-30-25)16-6-9-28-10-7-16/h2-5,12-16,28,31,33H,6-11,26-27H2,1H3/b20-12-.